The maximum atomic E-state index is 12.3. The molecule has 1 N–H and O–H groups in total. The van der Waals surface area contributed by atoms with Crippen molar-refractivity contribution in [3.05, 3.63) is 54.1 Å². The van der Waals surface area contributed by atoms with Gasteiger partial charge in [-0.1, -0.05) is 30.3 Å². The molecular formula is C24H30N2O4. The molecule has 1 heterocycles. The van der Waals surface area contributed by atoms with Crippen molar-refractivity contribution in [2.75, 3.05) is 39.2 Å². The van der Waals surface area contributed by atoms with Gasteiger partial charge in [-0.3, -0.25) is 10.2 Å². The lowest BCUT2D eigenvalue weighted by molar-refractivity contribution is 0.0528. The number of carbonyl (C=O) groups excluding carboxylic acids is 1. The lowest BCUT2D eigenvalue weighted by atomic mass is 9.85. The maximum Gasteiger partial charge on any atom is 0.411 e. The number of hydrogen-bond donors (Lipinski definition) is 1. The van der Waals surface area contributed by atoms with Crippen molar-refractivity contribution in [2.45, 2.75) is 19.4 Å². The van der Waals surface area contributed by atoms with E-state index in [9.17, 15) is 4.79 Å². The molecule has 2 unspecified atom stereocenters. The number of amides is 1. The van der Waals surface area contributed by atoms with Crippen molar-refractivity contribution in [1.82, 2.24) is 4.90 Å². The summed E-state index contributed by atoms with van der Waals surface area (Å²) in [6.07, 6.45) is 2.02. The van der Waals surface area contributed by atoms with Crippen LogP contribution in [0.4, 0.5) is 10.5 Å². The van der Waals surface area contributed by atoms with Crippen molar-refractivity contribution in [3.63, 3.8) is 0 Å². The first-order chi connectivity index (χ1) is 14.7. The molecule has 30 heavy (non-hydrogen) atoms. The molecule has 2 aromatic rings. The second-order valence-corrected chi connectivity index (χ2v) is 8.23. The number of hydrogen-bond acceptors (Lipinski definition) is 5. The SMILES string of the molecule is COc1ccc(NC(=O)OCC2C3CCC2CN(Cc2ccccc2)C3)cc1OC. The van der Waals surface area contributed by atoms with Crippen molar-refractivity contribution in [3.8, 4) is 11.5 Å². The van der Waals surface area contributed by atoms with E-state index in [4.69, 9.17) is 14.2 Å². The van der Waals surface area contributed by atoms with E-state index < -0.39 is 6.09 Å². The summed E-state index contributed by atoms with van der Waals surface area (Å²) >= 11 is 0. The average molecular weight is 411 g/mol. The Balaban J connectivity index is 1.28. The Labute approximate surface area is 178 Å². The summed E-state index contributed by atoms with van der Waals surface area (Å²) in [6, 6.07) is 15.9. The zero-order chi connectivity index (χ0) is 20.9. The number of likely N-dealkylation sites (tertiary alicyclic amines) is 1. The van der Waals surface area contributed by atoms with E-state index in [2.05, 4.69) is 40.5 Å². The first kappa shape index (κ1) is 20.5. The Bertz CT molecular complexity index is 844. The van der Waals surface area contributed by atoms with Gasteiger partial charge >= 0.3 is 6.09 Å². The Morgan fingerprint density at radius 3 is 2.37 bits per heavy atom. The summed E-state index contributed by atoms with van der Waals surface area (Å²) in [4.78, 5) is 14.9. The third-order valence-corrected chi connectivity index (χ3v) is 6.39. The van der Waals surface area contributed by atoms with Crippen molar-refractivity contribution >= 4 is 11.8 Å². The molecule has 6 nitrogen and oxygen atoms in total. The molecule has 1 aliphatic carbocycles. The van der Waals surface area contributed by atoms with Gasteiger partial charge in [-0.2, -0.15) is 0 Å². The van der Waals surface area contributed by atoms with Gasteiger partial charge in [0.15, 0.2) is 11.5 Å². The lowest BCUT2D eigenvalue weighted by Crippen LogP contribution is -2.43. The fourth-order valence-corrected chi connectivity index (χ4v) is 4.92. The van der Waals surface area contributed by atoms with Crippen LogP contribution in [-0.2, 0) is 11.3 Å². The second-order valence-electron chi connectivity index (χ2n) is 8.23. The van der Waals surface area contributed by atoms with Gasteiger partial charge in [-0.05, 0) is 42.4 Å². The molecule has 0 radical (unpaired) electrons. The zero-order valence-corrected chi connectivity index (χ0v) is 17.7. The standard InChI is InChI=1S/C24H30N2O4/c1-28-22-11-10-20(12-23(22)29-2)25-24(27)30-16-21-18-8-9-19(21)15-26(14-18)13-17-6-4-3-5-7-17/h3-7,10-12,18-19,21H,8-9,13-16H2,1-2H3,(H,25,27). The number of anilines is 1. The number of ether oxygens (including phenoxy) is 3. The highest BCUT2D eigenvalue weighted by Gasteiger charge is 2.42. The molecule has 6 heteroatoms. The highest BCUT2D eigenvalue weighted by Crippen LogP contribution is 2.42. The van der Waals surface area contributed by atoms with Gasteiger partial charge in [0.2, 0.25) is 0 Å². The van der Waals surface area contributed by atoms with Gasteiger partial charge in [0, 0.05) is 37.3 Å². The molecule has 1 aliphatic heterocycles. The zero-order valence-electron chi connectivity index (χ0n) is 17.7. The lowest BCUT2D eigenvalue weighted by Gasteiger charge is -2.37. The molecule has 2 bridgehead atoms. The molecule has 2 fully saturated rings. The molecule has 2 aliphatic rings. The fourth-order valence-electron chi connectivity index (χ4n) is 4.92. The Morgan fingerprint density at radius 1 is 1.00 bits per heavy atom. The molecular weight excluding hydrogens is 380 g/mol. The topological polar surface area (TPSA) is 60.0 Å². The van der Waals surface area contributed by atoms with Crippen LogP contribution in [0.25, 0.3) is 0 Å². The molecule has 1 amide bonds. The molecule has 0 spiro atoms. The van der Waals surface area contributed by atoms with Crippen LogP contribution in [0, 0.1) is 17.8 Å². The largest absolute Gasteiger partial charge is 0.493 e. The Morgan fingerprint density at radius 2 is 1.70 bits per heavy atom. The van der Waals surface area contributed by atoms with Crippen molar-refractivity contribution in [1.29, 1.82) is 0 Å². The van der Waals surface area contributed by atoms with Gasteiger partial charge in [-0.25, -0.2) is 4.79 Å². The molecule has 1 saturated carbocycles. The van der Waals surface area contributed by atoms with Crippen LogP contribution in [0.3, 0.4) is 0 Å². The number of rotatable bonds is 7. The van der Waals surface area contributed by atoms with Crippen LogP contribution >= 0.6 is 0 Å². The van der Waals surface area contributed by atoms with Crippen LogP contribution in [0.5, 0.6) is 11.5 Å². The molecule has 0 aromatic heterocycles. The summed E-state index contributed by atoms with van der Waals surface area (Å²) < 4.78 is 16.1. The first-order valence-corrected chi connectivity index (χ1v) is 10.6. The number of fused-ring (bicyclic) bond motifs is 2. The maximum absolute atomic E-state index is 12.3. The van der Waals surface area contributed by atoms with E-state index in [-0.39, 0.29) is 0 Å². The van der Waals surface area contributed by atoms with Crippen LogP contribution in [0.1, 0.15) is 18.4 Å². The molecule has 4 rings (SSSR count). The summed E-state index contributed by atoms with van der Waals surface area (Å²) in [5, 5.41) is 2.79. The summed E-state index contributed by atoms with van der Waals surface area (Å²) in [5.41, 5.74) is 1.99. The van der Waals surface area contributed by atoms with Crippen molar-refractivity contribution < 1.29 is 19.0 Å². The third kappa shape index (κ3) is 4.70. The number of benzene rings is 2. The van der Waals surface area contributed by atoms with Gasteiger partial charge in [0.25, 0.3) is 0 Å². The van der Waals surface area contributed by atoms with Crippen molar-refractivity contribution in [2.24, 2.45) is 17.8 Å². The third-order valence-electron chi connectivity index (χ3n) is 6.39. The summed E-state index contributed by atoms with van der Waals surface area (Å²) in [5.74, 6) is 2.84. The summed E-state index contributed by atoms with van der Waals surface area (Å²) in [7, 11) is 3.15. The Kier molecular flexibility index (Phi) is 6.43. The van der Waals surface area contributed by atoms with Gasteiger partial charge in [0.05, 0.1) is 20.8 Å². The van der Waals surface area contributed by atoms with E-state index >= 15 is 0 Å². The smallest absolute Gasteiger partial charge is 0.411 e. The highest BCUT2D eigenvalue weighted by atomic mass is 16.5. The minimum atomic E-state index is -0.423. The quantitative estimate of drug-likeness (QED) is 0.733. The normalized spacial score (nSPS) is 23.1. The number of nitrogens with zero attached hydrogens (tertiary/aromatic N) is 1. The van der Waals surface area contributed by atoms with Crippen LogP contribution in [-0.4, -0.2) is 44.9 Å². The predicted octanol–water partition coefficient (Wildman–Crippen LogP) is 4.41. The van der Waals surface area contributed by atoms with Crippen LogP contribution < -0.4 is 14.8 Å². The summed E-state index contributed by atoms with van der Waals surface area (Å²) in [6.45, 7) is 3.64. The minimum absolute atomic E-state index is 0.423. The van der Waals surface area contributed by atoms with E-state index in [1.54, 1.807) is 32.4 Å². The van der Waals surface area contributed by atoms with Gasteiger partial charge in [-0.15, -0.1) is 0 Å². The number of carbonyl (C=O) groups is 1. The number of methoxy groups -OCH3 is 2. The molecule has 160 valence electrons. The molecule has 1 saturated heterocycles. The molecule has 2 aromatic carbocycles. The van der Waals surface area contributed by atoms with E-state index in [1.807, 2.05) is 0 Å². The number of piperidine rings is 1. The van der Waals surface area contributed by atoms with E-state index in [1.165, 1.54) is 18.4 Å². The van der Waals surface area contributed by atoms with Gasteiger partial charge in [0.1, 0.15) is 0 Å². The second kappa shape index (κ2) is 9.39. The monoisotopic (exact) mass is 410 g/mol. The predicted molar refractivity (Wildman–Crippen MR) is 116 cm³/mol. The van der Waals surface area contributed by atoms with E-state index in [0.717, 1.165) is 19.6 Å². The first-order valence-electron chi connectivity index (χ1n) is 10.6. The fraction of sp³-hybridized carbons (Fsp3) is 0.458. The average Bonchev–Trinajstić information content (AvgIpc) is 3.01. The minimum Gasteiger partial charge on any atom is -0.493 e. The number of nitrogens with one attached hydrogen (secondary N) is 1. The Hall–Kier alpha value is -2.73. The highest BCUT2D eigenvalue weighted by molar-refractivity contribution is 5.85. The van der Waals surface area contributed by atoms with Gasteiger partial charge < -0.3 is 14.2 Å². The van der Waals surface area contributed by atoms with Crippen LogP contribution in [0.15, 0.2) is 48.5 Å². The van der Waals surface area contributed by atoms with Crippen LogP contribution in [0.2, 0.25) is 0 Å². The van der Waals surface area contributed by atoms with E-state index in [0.29, 0.717) is 41.5 Å². The molecule has 2 atom stereocenters.